The van der Waals surface area contributed by atoms with Gasteiger partial charge in [0.25, 0.3) is 11.8 Å². The van der Waals surface area contributed by atoms with E-state index in [9.17, 15) is 28.8 Å². The summed E-state index contributed by atoms with van der Waals surface area (Å²) < 4.78 is 11.1. The molecule has 4 N–H and O–H groups in total. The Morgan fingerprint density at radius 2 is 1.57 bits per heavy atom. The average molecular weight is 750 g/mol. The number of hydrogen-bond donors (Lipinski definition) is 4. The zero-order valence-electron chi connectivity index (χ0n) is 32.2. The number of ether oxygens (including phenoxy) is 2. The van der Waals surface area contributed by atoms with E-state index < -0.39 is 71.4 Å². The van der Waals surface area contributed by atoms with Crippen LogP contribution < -0.4 is 21.3 Å². The lowest BCUT2D eigenvalue weighted by Crippen LogP contribution is -2.60. The van der Waals surface area contributed by atoms with Crippen LogP contribution in [0.3, 0.4) is 0 Å². The van der Waals surface area contributed by atoms with Gasteiger partial charge in [-0.15, -0.1) is 0 Å². The Morgan fingerprint density at radius 1 is 0.870 bits per heavy atom. The lowest BCUT2D eigenvalue weighted by molar-refractivity contribution is -0.145. The Kier molecular flexibility index (Phi) is 15.2. The normalized spacial score (nSPS) is 21.5. The standard InChI is InChI=1S/C39H55N7O8/c1-8-12-28(34(47)38(51)42-24(6)25-13-10-9-11-14-25)43-37(50)33-26-15-16-30(54-21-53-7)27(26)20-46(33)39(52)32(23(4)5)45-36(49)31(22(2)3)44-35(48)29-19-40-17-18-41-29/h9-11,13-14,17-19,22-24,26-28,30-33H,8,12,15-16,20-21H2,1-7H3,(H,42,51)(H,43,50)(H,44,48)(H,45,49)/t24-,26-,27?,28?,30+,31-,32-,33-/m0/s1. The maximum absolute atomic E-state index is 14.6. The third kappa shape index (κ3) is 10.3. The van der Waals surface area contributed by atoms with Crippen LogP contribution in [0.15, 0.2) is 48.9 Å². The van der Waals surface area contributed by atoms with E-state index in [0.29, 0.717) is 19.3 Å². The number of nitrogens with one attached hydrogen (secondary N) is 4. The Bertz CT molecular complexity index is 1610. The van der Waals surface area contributed by atoms with E-state index in [1.807, 2.05) is 37.3 Å². The van der Waals surface area contributed by atoms with Gasteiger partial charge in [0.2, 0.25) is 23.5 Å². The monoisotopic (exact) mass is 749 g/mol. The van der Waals surface area contributed by atoms with Crippen LogP contribution in [0.5, 0.6) is 0 Å². The molecule has 1 saturated heterocycles. The highest BCUT2D eigenvalue weighted by Gasteiger charge is 2.55. The first-order chi connectivity index (χ1) is 25.8. The van der Waals surface area contributed by atoms with Crippen LogP contribution in [-0.2, 0) is 33.4 Å². The van der Waals surface area contributed by atoms with E-state index in [0.717, 1.165) is 5.56 Å². The van der Waals surface area contributed by atoms with Crippen molar-refractivity contribution < 1.29 is 38.2 Å². The molecule has 8 atom stereocenters. The van der Waals surface area contributed by atoms with Crippen LogP contribution in [0.2, 0.25) is 0 Å². The van der Waals surface area contributed by atoms with Crippen LogP contribution in [0, 0.1) is 23.7 Å². The summed E-state index contributed by atoms with van der Waals surface area (Å²) >= 11 is 0. The number of amides is 5. The second kappa shape index (κ2) is 19.5. The topological polar surface area (TPSA) is 198 Å². The van der Waals surface area contributed by atoms with Gasteiger partial charge in [0.15, 0.2) is 0 Å². The molecule has 0 radical (unpaired) electrons. The third-order valence-electron chi connectivity index (χ3n) is 10.3. The molecular formula is C39H55N7O8. The minimum atomic E-state index is -1.12. The maximum atomic E-state index is 14.6. The summed E-state index contributed by atoms with van der Waals surface area (Å²) in [5, 5.41) is 11.1. The van der Waals surface area contributed by atoms with Crippen molar-refractivity contribution in [1.29, 1.82) is 0 Å². The number of aromatic nitrogens is 2. The molecular weight excluding hydrogens is 694 g/mol. The molecule has 5 amide bonds. The molecule has 2 fully saturated rings. The van der Waals surface area contributed by atoms with Crippen LogP contribution in [0.4, 0.5) is 0 Å². The number of likely N-dealkylation sites (tertiary alicyclic amines) is 1. The van der Waals surface area contributed by atoms with E-state index in [-0.39, 0.29) is 49.3 Å². The van der Waals surface area contributed by atoms with Gasteiger partial charge in [-0.25, -0.2) is 4.98 Å². The SMILES string of the molecule is CCCC(NC(=O)[C@@H]1[C@H]2CC[C@@H](OCOC)C2CN1C(=O)[C@@H](NC(=O)[C@@H](NC(=O)c1cnccn1)C(C)C)C(C)C)C(=O)C(=O)N[C@@H](C)c1ccccc1. The molecule has 2 heterocycles. The molecule has 54 heavy (non-hydrogen) atoms. The van der Waals surface area contributed by atoms with Gasteiger partial charge in [-0.1, -0.05) is 71.4 Å². The molecule has 15 heteroatoms. The number of methoxy groups -OCH3 is 1. The van der Waals surface area contributed by atoms with E-state index in [2.05, 4.69) is 31.2 Å². The van der Waals surface area contributed by atoms with Crippen LogP contribution in [0.1, 0.15) is 89.3 Å². The first-order valence-electron chi connectivity index (χ1n) is 18.8. The van der Waals surface area contributed by atoms with E-state index in [1.165, 1.54) is 30.6 Å². The summed E-state index contributed by atoms with van der Waals surface area (Å²) in [6.07, 6.45) is 5.76. The number of carbonyl (C=O) groups excluding carboxylic acids is 6. The molecule has 1 aliphatic heterocycles. The first-order valence-corrected chi connectivity index (χ1v) is 18.8. The Morgan fingerprint density at radius 3 is 2.19 bits per heavy atom. The van der Waals surface area contributed by atoms with Gasteiger partial charge in [-0.2, -0.15) is 0 Å². The van der Waals surface area contributed by atoms with Crippen molar-refractivity contribution in [3.63, 3.8) is 0 Å². The predicted molar refractivity (Wildman–Crippen MR) is 198 cm³/mol. The zero-order chi connectivity index (χ0) is 39.5. The van der Waals surface area contributed by atoms with Gasteiger partial charge in [0.1, 0.15) is 30.6 Å². The van der Waals surface area contributed by atoms with E-state index in [4.69, 9.17) is 9.47 Å². The second-order valence-electron chi connectivity index (χ2n) is 14.8. The smallest absolute Gasteiger partial charge is 0.290 e. The maximum Gasteiger partial charge on any atom is 0.290 e. The lowest BCUT2D eigenvalue weighted by atomic mass is 9.92. The van der Waals surface area contributed by atoms with Gasteiger partial charge in [-0.05, 0) is 49.5 Å². The number of rotatable bonds is 18. The summed E-state index contributed by atoms with van der Waals surface area (Å²) in [6, 6.07) is 4.62. The van der Waals surface area contributed by atoms with Crippen molar-refractivity contribution in [3.8, 4) is 0 Å². The molecule has 1 saturated carbocycles. The number of fused-ring (bicyclic) bond motifs is 1. The van der Waals surface area contributed by atoms with Crippen molar-refractivity contribution in [1.82, 2.24) is 36.1 Å². The molecule has 1 aliphatic carbocycles. The number of Topliss-reactive ketones (excluding diaryl/α,β-unsaturated/α-hetero) is 1. The van der Waals surface area contributed by atoms with Crippen LogP contribution in [-0.4, -0.2) is 101 Å². The molecule has 2 aromatic rings. The van der Waals surface area contributed by atoms with Crippen LogP contribution >= 0.6 is 0 Å². The fourth-order valence-corrected chi connectivity index (χ4v) is 7.37. The first kappa shape index (κ1) is 42.0. The number of benzene rings is 1. The second-order valence-corrected chi connectivity index (χ2v) is 14.8. The average Bonchev–Trinajstić information content (AvgIpc) is 3.74. The summed E-state index contributed by atoms with van der Waals surface area (Å²) in [5.74, 6) is -5.05. The van der Waals surface area contributed by atoms with Crippen molar-refractivity contribution in [3.05, 3.63) is 60.2 Å². The Labute approximate surface area is 317 Å². The van der Waals surface area contributed by atoms with Gasteiger partial charge in [0.05, 0.1) is 24.4 Å². The van der Waals surface area contributed by atoms with Crippen molar-refractivity contribution in [2.45, 2.75) is 104 Å². The summed E-state index contributed by atoms with van der Waals surface area (Å²) in [5.41, 5.74) is 0.866. The molecule has 4 rings (SSSR count). The van der Waals surface area contributed by atoms with Crippen molar-refractivity contribution in [2.75, 3.05) is 20.4 Å². The van der Waals surface area contributed by atoms with Gasteiger partial charge in [-0.3, -0.25) is 33.8 Å². The Hall–Kier alpha value is -4.76. The fraction of sp³-hybridized carbons (Fsp3) is 0.590. The molecule has 294 valence electrons. The summed E-state index contributed by atoms with van der Waals surface area (Å²) in [4.78, 5) is 91.7. The van der Waals surface area contributed by atoms with E-state index in [1.54, 1.807) is 34.6 Å². The molecule has 1 aromatic heterocycles. The molecule has 0 bridgehead atoms. The largest absolute Gasteiger partial charge is 0.359 e. The third-order valence-corrected chi connectivity index (χ3v) is 10.3. The Balaban J connectivity index is 1.56. The fourth-order valence-electron chi connectivity index (χ4n) is 7.37. The molecule has 15 nitrogen and oxygen atoms in total. The van der Waals surface area contributed by atoms with Gasteiger partial charge >= 0.3 is 0 Å². The highest BCUT2D eigenvalue weighted by Crippen LogP contribution is 2.44. The minimum Gasteiger partial charge on any atom is -0.359 e. The van der Waals surface area contributed by atoms with Gasteiger partial charge in [0, 0.05) is 32.0 Å². The van der Waals surface area contributed by atoms with E-state index >= 15 is 0 Å². The van der Waals surface area contributed by atoms with Crippen molar-refractivity contribution in [2.24, 2.45) is 23.7 Å². The zero-order valence-corrected chi connectivity index (χ0v) is 32.2. The quantitative estimate of drug-likeness (QED) is 0.130. The highest BCUT2D eigenvalue weighted by atomic mass is 16.7. The van der Waals surface area contributed by atoms with Gasteiger partial charge < -0.3 is 35.6 Å². The number of hydrogen-bond acceptors (Lipinski definition) is 10. The molecule has 1 aromatic carbocycles. The number of ketones is 1. The predicted octanol–water partition coefficient (Wildman–Crippen LogP) is 2.33. The summed E-state index contributed by atoms with van der Waals surface area (Å²) in [6.45, 7) is 11.0. The molecule has 2 unspecified atom stereocenters. The summed E-state index contributed by atoms with van der Waals surface area (Å²) in [7, 11) is 1.52. The van der Waals surface area contributed by atoms with Crippen LogP contribution in [0.25, 0.3) is 0 Å². The minimum absolute atomic E-state index is 0.0400. The molecule has 2 aliphatic rings. The highest BCUT2D eigenvalue weighted by molar-refractivity contribution is 6.38. The number of carbonyl (C=O) groups is 6. The lowest BCUT2D eigenvalue weighted by Gasteiger charge is -2.34. The van der Waals surface area contributed by atoms with Crippen molar-refractivity contribution >= 4 is 35.3 Å². The molecule has 0 spiro atoms. The number of nitrogens with zero attached hydrogens (tertiary/aromatic N) is 3.